The van der Waals surface area contributed by atoms with Gasteiger partial charge in [0.15, 0.2) is 0 Å². The van der Waals surface area contributed by atoms with Crippen LogP contribution in [0.2, 0.25) is 0 Å². The van der Waals surface area contributed by atoms with E-state index in [-0.39, 0.29) is 0 Å². The van der Waals surface area contributed by atoms with E-state index in [1.807, 2.05) is 0 Å². The Morgan fingerprint density at radius 3 is 2.91 bits per heavy atom. The minimum atomic E-state index is 0.853. The molecule has 1 aliphatic heterocycles. The van der Waals surface area contributed by atoms with E-state index in [2.05, 4.69) is 25.2 Å². The average Bonchev–Trinajstić information content (AvgIpc) is 2.03. The molecule has 0 radical (unpaired) electrons. The Bertz CT molecular complexity index is 136. The average molecular weight is 153 g/mol. The molecule has 0 aromatic rings. The van der Waals surface area contributed by atoms with Gasteiger partial charge in [-0.3, -0.25) is 0 Å². The second-order valence-electron chi connectivity index (χ2n) is 3.75. The van der Waals surface area contributed by atoms with Gasteiger partial charge in [-0.1, -0.05) is 25.5 Å². The zero-order valence-corrected chi connectivity index (χ0v) is 7.69. The Labute approximate surface area is 69.9 Å². The first-order chi connectivity index (χ1) is 5.29. The van der Waals surface area contributed by atoms with Crippen molar-refractivity contribution < 1.29 is 0 Å². The molecule has 0 aromatic carbocycles. The van der Waals surface area contributed by atoms with Crippen LogP contribution in [0.3, 0.4) is 0 Å². The fourth-order valence-corrected chi connectivity index (χ4v) is 1.37. The standard InChI is InChI=1S/C10H19N/c1-9(2)3-4-10-5-7-11-8-6-10/h5,9,11H,3-4,6-8H2,1-2H3. The van der Waals surface area contributed by atoms with Crippen LogP contribution in [0.15, 0.2) is 11.6 Å². The minimum absolute atomic E-state index is 0.853. The van der Waals surface area contributed by atoms with Crippen LogP contribution in [0.5, 0.6) is 0 Å². The zero-order valence-electron chi connectivity index (χ0n) is 7.69. The second kappa shape index (κ2) is 4.55. The summed E-state index contributed by atoms with van der Waals surface area (Å²) < 4.78 is 0. The van der Waals surface area contributed by atoms with Crippen molar-refractivity contribution in [3.05, 3.63) is 11.6 Å². The van der Waals surface area contributed by atoms with E-state index in [1.54, 1.807) is 5.57 Å². The molecule has 0 saturated heterocycles. The quantitative estimate of drug-likeness (QED) is 0.614. The van der Waals surface area contributed by atoms with E-state index < -0.39 is 0 Å². The van der Waals surface area contributed by atoms with Gasteiger partial charge in [0.2, 0.25) is 0 Å². The van der Waals surface area contributed by atoms with Crippen molar-refractivity contribution in [2.45, 2.75) is 33.1 Å². The molecule has 0 saturated carbocycles. The SMILES string of the molecule is CC(C)CCC1=CCNCC1. The normalized spacial score (nSPS) is 18.6. The maximum absolute atomic E-state index is 3.33. The molecule has 0 unspecified atom stereocenters. The van der Waals surface area contributed by atoms with Crippen molar-refractivity contribution in [3.8, 4) is 0 Å². The number of hydrogen-bond donors (Lipinski definition) is 1. The summed E-state index contributed by atoms with van der Waals surface area (Å²) in [6.07, 6.45) is 6.30. The Morgan fingerprint density at radius 1 is 1.55 bits per heavy atom. The third-order valence-corrected chi connectivity index (χ3v) is 2.20. The van der Waals surface area contributed by atoms with Crippen LogP contribution in [0.25, 0.3) is 0 Å². The third-order valence-electron chi connectivity index (χ3n) is 2.20. The summed E-state index contributed by atoms with van der Waals surface area (Å²) in [5.41, 5.74) is 1.66. The Hall–Kier alpha value is -0.300. The lowest BCUT2D eigenvalue weighted by Gasteiger charge is -2.14. The molecule has 64 valence electrons. The molecule has 1 aliphatic rings. The van der Waals surface area contributed by atoms with E-state index in [4.69, 9.17) is 0 Å². The molecule has 1 heteroatoms. The summed E-state index contributed by atoms with van der Waals surface area (Å²) in [5.74, 6) is 0.853. The summed E-state index contributed by atoms with van der Waals surface area (Å²) in [7, 11) is 0. The molecule has 0 spiro atoms. The summed E-state index contributed by atoms with van der Waals surface area (Å²) >= 11 is 0. The highest BCUT2D eigenvalue weighted by atomic mass is 14.8. The monoisotopic (exact) mass is 153 g/mol. The molecule has 0 fully saturated rings. The highest BCUT2D eigenvalue weighted by Crippen LogP contribution is 2.15. The molecule has 0 aromatic heterocycles. The Balaban J connectivity index is 2.19. The number of hydrogen-bond acceptors (Lipinski definition) is 1. The van der Waals surface area contributed by atoms with E-state index in [1.165, 1.54) is 25.8 Å². The maximum Gasteiger partial charge on any atom is 0.0137 e. The van der Waals surface area contributed by atoms with E-state index >= 15 is 0 Å². The highest BCUT2D eigenvalue weighted by Gasteiger charge is 2.03. The lowest BCUT2D eigenvalue weighted by Crippen LogP contribution is -2.20. The number of nitrogens with one attached hydrogen (secondary N) is 1. The van der Waals surface area contributed by atoms with Crippen molar-refractivity contribution in [2.24, 2.45) is 5.92 Å². The zero-order chi connectivity index (χ0) is 8.10. The van der Waals surface area contributed by atoms with Crippen LogP contribution >= 0.6 is 0 Å². The summed E-state index contributed by atoms with van der Waals surface area (Å²) in [6.45, 7) is 6.86. The van der Waals surface area contributed by atoms with Gasteiger partial charge in [0, 0.05) is 6.54 Å². The van der Waals surface area contributed by atoms with Crippen molar-refractivity contribution >= 4 is 0 Å². The highest BCUT2D eigenvalue weighted by molar-refractivity contribution is 5.06. The maximum atomic E-state index is 3.33. The molecule has 1 rings (SSSR count). The van der Waals surface area contributed by atoms with Crippen molar-refractivity contribution in [1.82, 2.24) is 5.32 Å². The van der Waals surface area contributed by atoms with E-state index in [0.717, 1.165) is 12.5 Å². The predicted octanol–water partition coefficient (Wildman–Crippen LogP) is 2.34. The van der Waals surface area contributed by atoms with Gasteiger partial charge in [0.25, 0.3) is 0 Å². The Morgan fingerprint density at radius 2 is 2.36 bits per heavy atom. The molecule has 0 bridgehead atoms. The van der Waals surface area contributed by atoms with Crippen LogP contribution in [0.4, 0.5) is 0 Å². The van der Waals surface area contributed by atoms with Gasteiger partial charge in [-0.05, 0) is 31.7 Å². The fourth-order valence-electron chi connectivity index (χ4n) is 1.37. The minimum Gasteiger partial charge on any atom is -0.313 e. The van der Waals surface area contributed by atoms with Crippen LogP contribution in [0, 0.1) is 5.92 Å². The van der Waals surface area contributed by atoms with Crippen LogP contribution < -0.4 is 5.32 Å². The molecule has 0 amide bonds. The largest absolute Gasteiger partial charge is 0.313 e. The topological polar surface area (TPSA) is 12.0 Å². The second-order valence-corrected chi connectivity index (χ2v) is 3.75. The van der Waals surface area contributed by atoms with Gasteiger partial charge in [-0.25, -0.2) is 0 Å². The summed E-state index contributed by atoms with van der Waals surface area (Å²) in [5, 5.41) is 3.33. The van der Waals surface area contributed by atoms with E-state index in [9.17, 15) is 0 Å². The molecule has 11 heavy (non-hydrogen) atoms. The summed E-state index contributed by atoms with van der Waals surface area (Å²) in [4.78, 5) is 0. The van der Waals surface area contributed by atoms with Gasteiger partial charge in [-0.2, -0.15) is 0 Å². The first-order valence-electron chi connectivity index (χ1n) is 4.67. The summed E-state index contributed by atoms with van der Waals surface area (Å²) in [6, 6.07) is 0. The Kier molecular flexibility index (Phi) is 3.64. The molecule has 0 aliphatic carbocycles. The van der Waals surface area contributed by atoms with Crippen molar-refractivity contribution in [1.29, 1.82) is 0 Å². The van der Waals surface area contributed by atoms with Gasteiger partial charge < -0.3 is 5.32 Å². The van der Waals surface area contributed by atoms with Gasteiger partial charge in [0.1, 0.15) is 0 Å². The van der Waals surface area contributed by atoms with Crippen molar-refractivity contribution in [3.63, 3.8) is 0 Å². The van der Waals surface area contributed by atoms with Crippen molar-refractivity contribution in [2.75, 3.05) is 13.1 Å². The van der Waals surface area contributed by atoms with Crippen LogP contribution in [-0.4, -0.2) is 13.1 Å². The van der Waals surface area contributed by atoms with E-state index in [0.29, 0.717) is 0 Å². The van der Waals surface area contributed by atoms with Crippen LogP contribution in [0.1, 0.15) is 33.1 Å². The van der Waals surface area contributed by atoms with Gasteiger partial charge in [-0.15, -0.1) is 0 Å². The van der Waals surface area contributed by atoms with Crippen LogP contribution in [-0.2, 0) is 0 Å². The first-order valence-corrected chi connectivity index (χ1v) is 4.67. The lowest BCUT2D eigenvalue weighted by atomic mass is 9.99. The molecular weight excluding hydrogens is 134 g/mol. The van der Waals surface area contributed by atoms with Gasteiger partial charge in [0.05, 0.1) is 0 Å². The molecular formula is C10H19N. The third kappa shape index (κ3) is 3.57. The molecule has 0 atom stereocenters. The first kappa shape index (κ1) is 8.79. The fraction of sp³-hybridized carbons (Fsp3) is 0.800. The predicted molar refractivity (Wildman–Crippen MR) is 49.6 cm³/mol. The lowest BCUT2D eigenvalue weighted by molar-refractivity contribution is 0.565. The molecule has 1 heterocycles. The molecule has 1 N–H and O–H groups in total. The molecule has 1 nitrogen and oxygen atoms in total. The van der Waals surface area contributed by atoms with Gasteiger partial charge >= 0.3 is 0 Å². The smallest absolute Gasteiger partial charge is 0.0137 e. The number of rotatable bonds is 3.